The van der Waals surface area contributed by atoms with E-state index < -0.39 is 5.54 Å². The van der Waals surface area contributed by atoms with Gasteiger partial charge >= 0.3 is 0 Å². The first-order valence-electron chi connectivity index (χ1n) is 11.4. The first kappa shape index (κ1) is 22.9. The van der Waals surface area contributed by atoms with Crippen LogP contribution in [0.2, 0.25) is 5.02 Å². The predicted octanol–water partition coefficient (Wildman–Crippen LogP) is 5.25. The van der Waals surface area contributed by atoms with Crippen LogP contribution in [0.5, 0.6) is 0 Å². The monoisotopic (exact) mass is 484 g/mol. The third kappa shape index (κ3) is 4.21. The summed E-state index contributed by atoms with van der Waals surface area (Å²) >= 11 is 6.20. The van der Waals surface area contributed by atoms with Crippen LogP contribution < -0.4 is 10.2 Å². The van der Waals surface area contributed by atoms with Gasteiger partial charge in [0.2, 0.25) is 5.91 Å². The number of rotatable bonds is 5. The van der Waals surface area contributed by atoms with E-state index in [-0.39, 0.29) is 18.4 Å². The van der Waals surface area contributed by atoms with Crippen LogP contribution in [-0.2, 0) is 17.9 Å². The molecule has 2 heterocycles. The smallest absolute Gasteiger partial charge is 0.277 e. The lowest BCUT2D eigenvalue weighted by atomic mass is 9.93. The van der Waals surface area contributed by atoms with E-state index in [0.29, 0.717) is 28.6 Å². The van der Waals surface area contributed by atoms with Gasteiger partial charge in [0, 0.05) is 22.8 Å². The molecule has 5 rings (SSSR count). The molecule has 4 aromatic rings. The highest BCUT2D eigenvalue weighted by atomic mass is 35.5. The Labute approximate surface area is 209 Å². The fourth-order valence-corrected chi connectivity index (χ4v) is 4.77. The number of aromatic nitrogens is 2. The molecule has 7 heteroatoms. The zero-order valence-corrected chi connectivity index (χ0v) is 20.3. The Kier molecular flexibility index (Phi) is 5.91. The van der Waals surface area contributed by atoms with Crippen LogP contribution in [0.1, 0.15) is 28.5 Å². The van der Waals surface area contributed by atoms with Crippen molar-refractivity contribution in [1.29, 1.82) is 0 Å². The van der Waals surface area contributed by atoms with Crippen LogP contribution in [0.25, 0.3) is 11.3 Å². The lowest BCUT2D eigenvalue weighted by molar-refractivity contribution is -0.126. The van der Waals surface area contributed by atoms with Crippen molar-refractivity contribution in [3.05, 3.63) is 107 Å². The maximum Gasteiger partial charge on any atom is 0.277 e. The molecule has 0 radical (unpaired) electrons. The molecule has 1 N–H and O–H groups in total. The molecule has 0 unspecified atom stereocenters. The first-order chi connectivity index (χ1) is 16.9. The van der Waals surface area contributed by atoms with E-state index in [1.54, 1.807) is 40.8 Å². The van der Waals surface area contributed by atoms with Gasteiger partial charge in [-0.05, 0) is 49.2 Å². The van der Waals surface area contributed by atoms with Crippen molar-refractivity contribution in [2.75, 3.05) is 4.90 Å². The van der Waals surface area contributed by atoms with Crippen molar-refractivity contribution in [2.24, 2.45) is 0 Å². The number of nitrogens with one attached hydrogen (secondary N) is 1. The summed E-state index contributed by atoms with van der Waals surface area (Å²) in [6.07, 6.45) is 0. The van der Waals surface area contributed by atoms with Gasteiger partial charge in [-0.1, -0.05) is 72.3 Å². The maximum atomic E-state index is 13.9. The number of carbonyl (C=O) groups is 2. The number of aryl methyl sites for hydroxylation is 1. The van der Waals surface area contributed by atoms with Crippen molar-refractivity contribution >= 4 is 29.1 Å². The van der Waals surface area contributed by atoms with Crippen molar-refractivity contribution in [1.82, 2.24) is 15.1 Å². The van der Waals surface area contributed by atoms with Gasteiger partial charge in [-0.2, -0.15) is 5.10 Å². The minimum atomic E-state index is -1.21. The van der Waals surface area contributed by atoms with Gasteiger partial charge in [0.05, 0.1) is 12.2 Å². The number of carbonyl (C=O) groups excluding carboxylic acids is 2. The lowest BCUT2D eigenvalue weighted by Crippen LogP contribution is -2.64. The summed E-state index contributed by atoms with van der Waals surface area (Å²) in [6.45, 7) is 4.24. The zero-order chi connectivity index (χ0) is 24.6. The molecular formula is C28H25ClN4O2. The van der Waals surface area contributed by atoms with Gasteiger partial charge in [0.25, 0.3) is 5.91 Å². The second-order valence-electron chi connectivity index (χ2n) is 8.95. The molecule has 0 spiro atoms. The van der Waals surface area contributed by atoms with Gasteiger partial charge < -0.3 is 5.32 Å². The van der Waals surface area contributed by atoms with Gasteiger partial charge in [0.1, 0.15) is 11.2 Å². The number of anilines is 1. The van der Waals surface area contributed by atoms with Gasteiger partial charge in [-0.15, -0.1) is 0 Å². The fourth-order valence-electron chi connectivity index (χ4n) is 4.55. The molecule has 2 amide bonds. The summed E-state index contributed by atoms with van der Waals surface area (Å²) in [7, 11) is 0. The Morgan fingerprint density at radius 1 is 1.03 bits per heavy atom. The third-order valence-electron chi connectivity index (χ3n) is 6.41. The molecule has 1 aromatic heterocycles. The van der Waals surface area contributed by atoms with E-state index in [1.807, 2.05) is 67.6 Å². The van der Waals surface area contributed by atoms with Crippen LogP contribution in [0.3, 0.4) is 0 Å². The van der Waals surface area contributed by atoms with Crippen molar-refractivity contribution in [2.45, 2.75) is 32.5 Å². The van der Waals surface area contributed by atoms with Gasteiger partial charge in [0.15, 0.2) is 0 Å². The lowest BCUT2D eigenvalue weighted by Gasteiger charge is -2.43. The van der Waals surface area contributed by atoms with E-state index in [1.165, 1.54) is 0 Å². The van der Waals surface area contributed by atoms with E-state index in [9.17, 15) is 9.59 Å². The third-order valence-corrected chi connectivity index (χ3v) is 6.64. The molecule has 3 aromatic carbocycles. The minimum absolute atomic E-state index is 0.212. The second-order valence-corrected chi connectivity index (χ2v) is 9.39. The quantitative estimate of drug-likeness (QED) is 0.421. The molecule has 1 atom stereocenters. The number of fused-ring (bicyclic) bond motifs is 1. The van der Waals surface area contributed by atoms with Crippen LogP contribution in [-0.4, -0.2) is 27.1 Å². The fraction of sp³-hybridized carbons (Fsp3) is 0.179. The molecule has 0 saturated carbocycles. The highest BCUT2D eigenvalue weighted by Crippen LogP contribution is 2.36. The Hall–Kier alpha value is -3.90. The molecule has 0 fully saturated rings. The normalized spacial score (nSPS) is 17.2. The number of nitrogens with zero attached hydrogens (tertiary/aromatic N) is 3. The number of benzene rings is 3. The van der Waals surface area contributed by atoms with Crippen molar-refractivity contribution in [3.63, 3.8) is 0 Å². The Bertz CT molecular complexity index is 1400. The number of hydrogen-bond acceptors (Lipinski definition) is 3. The number of hydrogen-bond donors (Lipinski definition) is 1. The van der Waals surface area contributed by atoms with E-state index in [0.717, 1.165) is 16.7 Å². The van der Waals surface area contributed by atoms with E-state index in [2.05, 4.69) is 5.32 Å². The summed E-state index contributed by atoms with van der Waals surface area (Å²) < 4.78 is 1.65. The maximum absolute atomic E-state index is 13.9. The molecule has 6 nitrogen and oxygen atoms in total. The number of amides is 2. The average molecular weight is 485 g/mol. The standard InChI is InChI=1S/C28H25ClN4O2/c1-19-15-22(29)13-14-24(19)33-26(34)25-16-23(21-11-7-4-8-12-21)31-32(25)18-28(33,2)27(35)30-17-20-9-5-3-6-10-20/h3-16H,17-18H2,1-2H3,(H,30,35)/t28-/m0/s1. The SMILES string of the molecule is Cc1cc(Cl)ccc1N1C(=O)c2cc(-c3ccccc3)nn2C[C@@]1(C)C(=O)NCc1ccccc1. The van der Waals surface area contributed by atoms with Gasteiger partial charge in [-0.3, -0.25) is 19.2 Å². The molecule has 0 bridgehead atoms. The summed E-state index contributed by atoms with van der Waals surface area (Å²) in [6, 6.07) is 26.5. The topological polar surface area (TPSA) is 67.2 Å². The molecule has 0 aliphatic carbocycles. The second kappa shape index (κ2) is 9.04. The Morgan fingerprint density at radius 2 is 1.71 bits per heavy atom. The van der Waals surface area contributed by atoms with Crippen LogP contribution >= 0.6 is 11.6 Å². The Morgan fingerprint density at radius 3 is 2.40 bits per heavy atom. The molecular weight excluding hydrogens is 460 g/mol. The summed E-state index contributed by atoms with van der Waals surface area (Å²) in [4.78, 5) is 29.2. The summed E-state index contributed by atoms with van der Waals surface area (Å²) in [5.41, 5.74) is 3.26. The minimum Gasteiger partial charge on any atom is -0.350 e. The van der Waals surface area contributed by atoms with Crippen LogP contribution in [0.15, 0.2) is 84.9 Å². The molecule has 176 valence electrons. The van der Waals surface area contributed by atoms with E-state index in [4.69, 9.17) is 16.7 Å². The molecule has 0 saturated heterocycles. The zero-order valence-electron chi connectivity index (χ0n) is 19.5. The molecule has 1 aliphatic rings. The molecule has 35 heavy (non-hydrogen) atoms. The van der Waals surface area contributed by atoms with Gasteiger partial charge in [-0.25, -0.2) is 0 Å². The largest absolute Gasteiger partial charge is 0.350 e. The highest BCUT2D eigenvalue weighted by Gasteiger charge is 2.49. The first-order valence-corrected chi connectivity index (χ1v) is 11.8. The Balaban J connectivity index is 1.57. The average Bonchev–Trinajstić information content (AvgIpc) is 3.29. The van der Waals surface area contributed by atoms with Crippen molar-refractivity contribution in [3.8, 4) is 11.3 Å². The van der Waals surface area contributed by atoms with E-state index >= 15 is 0 Å². The molecule has 1 aliphatic heterocycles. The van der Waals surface area contributed by atoms with Crippen molar-refractivity contribution < 1.29 is 9.59 Å². The number of halogens is 1. The highest BCUT2D eigenvalue weighted by molar-refractivity contribution is 6.30. The predicted molar refractivity (Wildman–Crippen MR) is 137 cm³/mol. The summed E-state index contributed by atoms with van der Waals surface area (Å²) in [5.74, 6) is -0.542. The van der Waals surface area contributed by atoms with Crippen LogP contribution in [0, 0.1) is 6.92 Å². The summed E-state index contributed by atoms with van der Waals surface area (Å²) in [5, 5.41) is 8.30. The van der Waals surface area contributed by atoms with Crippen LogP contribution in [0.4, 0.5) is 5.69 Å².